The van der Waals surface area contributed by atoms with Crippen LogP contribution in [0.4, 0.5) is 0 Å². The largest absolute Gasteiger partial charge is 1.00 e. The molecule has 0 nitrogen and oxygen atoms in total. The molecule has 182 valence electrons. The Kier molecular flexibility index (Phi) is 13.9. The van der Waals surface area contributed by atoms with Crippen LogP contribution >= 0.6 is 0 Å². The Morgan fingerprint density at radius 1 is 0.857 bits per heavy atom. The molecule has 0 bridgehead atoms. The first-order valence-electron chi connectivity index (χ1n) is 11.9. The Labute approximate surface area is 239 Å². The van der Waals surface area contributed by atoms with Crippen LogP contribution in [0.3, 0.4) is 0 Å². The van der Waals surface area contributed by atoms with E-state index in [1.807, 2.05) is 0 Å². The molecule has 0 amide bonds. The summed E-state index contributed by atoms with van der Waals surface area (Å²) in [5, 5.41) is 5.39. The first kappa shape index (κ1) is 31.4. The molecule has 35 heavy (non-hydrogen) atoms. The Hall–Kier alpha value is -1.66. The first-order valence-corrected chi connectivity index (χ1v) is 13.1. The van der Waals surface area contributed by atoms with Crippen molar-refractivity contribution in [1.29, 1.82) is 0 Å². The molecule has 3 heteroatoms. The van der Waals surface area contributed by atoms with Crippen molar-refractivity contribution in [2.24, 2.45) is 11.8 Å². The van der Waals surface area contributed by atoms with E-state index in [4.69, 9.17) is 0 Å². The summed E-state index contributed by atoms with van der Waals surface area (Å²) in [6.07, 6.45) is 6.86. The van der Waals surface area contributed by atoms with E-state index in [2.05, 4.69) is 132 Å². The van der Waals surface area contributed by atoms with Crippen molar-refractivity contribution in [3.63, 3.8) is 0 Å². The maximum Gasteiger partial charge on any atom is -0.0771 e. The van der Waals surface area contributed by atoms with Crippen LogP contribution in [0.25, 0.3) is 21.5 Å². The maximum absolute atomic E-state index is 3.37. The van der Waals surface area contributed by atoms with Gasteiger partial charge in [0, 0.05) is 0 Å². The summed E-state index contributed by atoms with van der Waals surface area (Å²) in [6, 6.07) is 29.9. The molecule has 0 radical (unpaired) electrons. The molecule has 1 aliphatic rings. The van der Waals surface area contributed by atoms with Crippen molar-refractivity contribution in [1.82, 2.24) is 0 Å². The molecule has 5 rings (SSSR count). The Bertz CT molecular complexity index is 1210. The van der Waals surface area contributed by atoms with Gasteiger partial charge in [-0.25, -0.2) is 5.57 Å². The second-order valence-corrected chi connectivity index (χ2v) is 10.3. The third kappa shape index (κ3) is 8.75. The summed E-state index contributed by atoms with van der Waals surface area (Å²) in [4.78, 5) is 0. The van der Waals surface area contributed by atoms with Gasteiger partial charge in [0.1, 0.15) is 0 Å². The molecule has 0 aromatic heterocycles. The second-order valence-electron chi connectivity index (χ2n) is 8.85. The molecule has 1 aliphatic carbocycles. The van der Waals surface area contributed by atoms with Crippen molar-refractivity contribution in [2.75, 3.05) is 0 Å². The van der Waals surface area contributed by atoms with Crippen LogP contribution < -0.4 is 24.8 Å². The van der Waals surface area contributed by atoms with E-state index < -0.39 is 0 Å². The molecule has 0 spiro atoms. The second kappa shape index (κ2) is 15.5. The van der Waals surface area contributed by atoms with E-state index in [9.17, 15) is 0 Å². The minimum absolute atomic E-state index is 0. The fraction of sp³-hybridized carbons (Fsp3) is 0.250. The van der Waals surface area contributed by atoms with Gasteiger partial charge in [-0.05, 0) is 0 Å². The molecule has 0 N–H and O–H groups in total. The molecular weight excluding hydrogens is 546 g/mol. The van der Waals surface area contributed by atoms with Gasteiger partial charge in [0.25, 0.3) is 0 Å². The zero-order valence-corrected chi connectivity index (χ0v) is 25.2. The minimum atomic E-state index is 0. The van der Waals surface area contributed by atoms with Crippen molar-refractivity contribution in [3.05, 3.63) is 114 Å². The van der Waals surface area contributed by atoms with Crippen LogP contribution in [0.1, 0.15) is 46.6 Å². The van der Waals surface area contributed by atoms with E-state index in [0.29, 0.717) is 11.8 Å². The molecule has 0 fully saturated rings. The van der Waals surface area contributed by atoms with Gasteiger partial charge in [-0.3, -0.25) is 6.08 Å². The molecular formula is C32H34Cl2Zr-2. The van der Waals surface area contributed by atoms with Crippen LogP contribution in [0.5, 0.6) is 0 Å². The monoisotopic (exact) mass is 578 g/mol. The zero-order valence-electron chi connectivity index (χ0n) is 21.3. The van der Waals surface area contributed by atoms with Crippen molar-refractivity contribution >= 4 is 24.8 Å². The Balaban J connectivity index is 0.000000259. The molecule has 1 atom stereocenters. The van der Waals surface area contributed by atoms with Gasteiger partial charge < -0.3 is 24.8 Å². The van der Waals surface area contributed by atoms with Gasteiger partial charge in [-0.2, -0.15) is 11.6 Å². The summed E-state index contributed by atoms with van der Waals surface area (Å²) in [5.41, 5.74) is 4.23. The summed E-state index contributed by atoms with van der Waals surface area (Å²) < 4.78 is 1.55. The number of benzene rings is 3. The van der Waals surface area contributed by atoms with Gasteiger partial charge in [0.05, 0.1) is 0 Å². The fourth-order valence-electron chi connectivity index (χ4n) is 4.23. The van der Waals surface area contributed by atoms with Gasteiger partial charge in [-0.15, -0.1) is 39.7 Å². The molecule has 4 aromatic carbocycles. The average Bonchev–Trinajstić information content (AvgIpc) is 3.39. The molecule has 1 unspecified atom stereocenters. The van der Waals surface area contributed by atoms with Gasteiger partial charge in [0.15, 0.2) is 0 Å². The van der Waals surface area contributed by atoms with Crippen LogP contribution in [-0.2, 0) is 24.2 Å². The normalized spacial score (nSPS) is 14.0. The fourth-order valence-corrected chi connectivity index (χ4v) is 4.64. The predicted octanol–water partition coefficient (Wildman–Crippen LogP) is 2.85. The van der Waals surface area contributed by atoms with Crippen molar-refractivity contribution < 1.29 is 49.0 Å². The molecule has 0 saturated heterocycles. The smallest absolute Gasteiger partial charge is 0.0771 e. The third-order valence-corrected chi connectivity index (χ3v) is 7.51. The van der Waals surface area contributed by atoms with E-state index in [0.717, 1.165) is 0 Å². The first-order chi connectivity index (χ1) is 15.9. The summed E-state index contributed by atoms with van der Waals surface area (Å²) in [5.74, 6) is 1.20. The molecule has 0 saturated carbocycles. The Morgan fingerprint density at radius 3 is 1.74 bits per heavy atom. The SMILES string of the molecule is CC1=[C-]C(C)C=C1C(C)C.CC[C](=[Zr+2])c1ccccc1.[Cl-].[Cl-].c1ccc2c(c1)[cH-]c1ccccc12. The maximum atomic E-state index is 3.37. The summed E-state index contributed by atoms with van der Waals surface area (Å²) in [7, 11) is 0. The van der Waals surface area contributed by atoms with E-state index in [1.165, 1.54) is 68.9 Å². The number of allylic oxidation sites excluding steroid dienone is 4. The predicted molar refractivity (Wildman–Crippen MR) is 142 cm³/mol. The number of rotatable bonds is 3. The average molecular weight is 581 g/mol. The van der Waals surface area contributed by atoms with Crippen molar-refractivity contribution in [2.45, 2.75) is 41.0 Å². The van der Waals surface area contributed by atoms with Gasteiger partial charge in [-0.1, -0.05) is 75.9 Å². The van der Waals surface area contributed by atoms with Gasteiger partial charge >= 0.3 is 76.7 Å². The van der Waals surface area contributed by atoms with Crippen LogP contribution in [0, 0.1) is 17.9 Å². The topological polar surface area (TPSA) is 0 Å². The van der Waals surface area contributed by atoms with Crippen LogP contribution in [-0.4, -0.2) is 3.21 Å². The van der Waals surface area contributed by atoms with Crippen LogP contribution in [0.15, 0.2) is 102 Å². The third-order valence-electron chi connectivity index (χ3n) is 5.93. The van der Waals surface area contributed by atoms with E-state index >= 15 is 0 Å². The molecule has 0 heterocycles. The van der Waals surface area contributed by atoms with Gasteiger partial charge in [0.2, 0.25) is 0 Å². The Morgan fingerprint density at radius 2 is 1.34 bits per heavy atom. The molecule has 4 aromatic rings. The minimum Gasteiger partial charge on any atom is -1.00 e. The van der Waals surface area contributed by atoms with E-state index in [1.54, 1.807) is 3.21 Å². The number of hydrogen-bond acceptors (Lipinski definition) is 0. The number of hydrogen-bond donors (Lipinski definition) is 0. The van der Waals surface area contributed by atoms with Crippen LogP contribution in [0.2, 0.25) is 0 Å². The quantitative estimate of drug-likeness (QED) is 0.327. The summed E-state index contributed by atoms with van der Waals surface area (Å²) >= 11 is 1.54. The zero-order chi connectivity index (χ0) is 23.8. The number of halogens is 2. The summed E-state index contributed by atoms with van der Waals surface area (Å²) in [6.45, 7) is 11.0. The number of fused-ring (bicyclic) bond motifs is 3. The molecule has 0 aliphatic heterocycles. The standard InChI is InChI=1S/C13H9.C10H15.C9H10.2ClH.Zr/c1-3-7-12-10(5-1)9-11-6-2-4-8-13(11)12;1-7(2)10-6-8(3)5-9(10)4;1-2-6-9-7-4-3-5-8-9;;;/h1-9H;6-8H,1-4H3;3-5,7-8H,2H2,1H3;2*1H;/q2*-1;;;;+2/p-2. The van der Waals surface area contributed by atoms with E-state index in [-0.39, 0.29) is 24.8 Å². The van der Waals surface area contributed by atoms with Crippen molar-refractivity contribution in [3.8, 4) is 0 Å².